The number of carbonyl (C=O) groups excluding carboxylic acids is 1. The number of aromatic nitrogens is 3. The predicted molar refractivity (Wildman–Crippen MR) is 117 cm³/mol. The third-order valence-electron chi connectivity index (χ3n) is 5.00. The van der Waals surface area contributed by atoms with Crippen LogP contribution >= 0.6 is 22.9 Å². The van der Waals surface area contributed by atoms with Crippen LogP contribution in [0.3, 0.4) is 0 Å². The van der Waals surface area contributed by atoms with E-state index in [9.17, 15) is 26.4 Å². The SMILES string of the molecule is CS(=O)(=O)N1CCNC(c2nc(NCc3ccc(Cl)s3)n(C(=O)c3ccoc3)n2)C1C(F)(F)F. The number of nitrogens with one attached hydrogen (secondary N) is 2. The molecule has 2 N–H and O–H groups in total. The molecule has 4 rings (SSSR count). The Hall–Kier alpha value is -2.46. The van der Waals surface area contributed by atoms with Crippen LogP contribution in [0.1, 0.15) is 27.1 Å². The van der Waals surface area contributed by atoms with Gasteiger partial charge in [0.25, 0.3) is 5.91 Å². The van der Waals surface area contributed by atoms with Gasteiger partial charge in [0.1, 0.15) is 12.3 Å². The van der Waals surface area contributed by atoms with Gasteiger partial charge >= 0.3 is 6.18 Å². The first-order valence-corrected chi connectivity index (χ1v) is 12.8. The zero-order valence-electron chi connectivity index (χ0n) is 17.4. The van der Waals surface area contributed by atoms with Crippen molar-refractivity contribution < 1.29 is 30.8 Å². The summed E-state index contributed by atoms with van der Waals surface area (Å²) < 4.78 is 72.8. The number of nitrogens with zero attached hydrogens (tertiary/aromatic N) is 4. The molecule has 10 nitrogen and oxygen atoms in total. The van der Waals surface area contributed by atoms with Gasteiger partial charge in [0.15, 0.2) is 5.82 Å². The first-order valence-electron chi connectivity index (χ1n) is 9.74. The quantitative estimate of drug-likeness (QED) is 0.491. The Morgan fingerprint density at radius 2 is 2.15 bits per heavy atom. The third-order valence-corrected chi connectivity index (χ3v) is 7.49. The van der Waals surface area contributed by atoms with Crippen molar-refractivity contribution in [1.29, 1.82) is 0 Å². The summed E-state index contributed by atoms with van der Waals surface area (Å²) in [5.41, 5.74) is 0.0976. The molecule has 1 aliphatic heterocycles. The topological polar surface area (TPSA) is 122 Å². The van der Waals surface area contributed by atoms with Crippen molar-refractivity contribution in [3.8, 4) is 0 Å². The zero-order chi connectivity index (χ0) is 24.7. The van der Waals surface area contributed by atoms with Crippen molar-refractivity contribution in [1.82, 2.24) is 24.4 Å². The fourth-order valence-corrected chi connectivity index (χ4v) is 5.65. The second kappa shape index (κ2) is 9.30. The first-order chi connectivity index (χ1) is 15.9. The largest absolute Gasteiger partial charge is 0.472 e. The van der Waals surface area contributed by atoms with Crippen LogP contribution in [0.15, 0.2) is 35.1 Å². The Labute approximate surface area is 200 Å². The van der Waals surface area contributed by atoms with Gasteiger partial charge in [0.2, 0.25) is 16.0 Å². The number of carbonyl (C=O) groups is 1. The van der Waals surface area contributed by atoms with Crippen molar-refractivity contribution in [2.24, 2.45) is 0 Å². The van der Waals surface area contributed by atoms with Crippen molar-refractivity contribution >= 4 is 44.8 Å². The van der Waals surface area contributed by atoms with Gasteiger partial charge in [-0.25, -0.2) is 8.42 Å². The Bertz CT molecular complexity index is 1280. The number of rotatable bonds is 6. The van der Waals surface area contributed by atoms with Crippen LogP contribution in [0.5, 0.6) is 0 Å². The number of furan rings is 1. The predicted octanol–water partition coefficient (Wildman–Crippen LogP) is 2.72. The molecule has 1 saturated heterocycles. The summed E-state index contributed by atoms with van der Waals surface area (Å²) in [5, 5.41) is 9.57. The normalized spacial score (nSPS) is 19.9. The van der Waals surface area contributed by atoms with E-state index in [-0.39, 0.29) is 37.0 Å². The summed E-state index contributed by atoms with van der Waals surface area (Å²) in [6.07, 6.45) is -1.79. The van der Waals surface area contributed by atoms with E-state index >= 15 is 0 Å². The summed E-state index contributed by atoms with van der Waals surface area (Å²) in [4.78, 5) is 17.9. The van der Waals surface area contributed by atoms with E-state index in [4.69, 9.17) is 16.0 Å². The van der Waals surface area contributed by atoms with Crippen LogP contribution in [0.2, 0.25) is 4.34 Å². The van der Waals surface area contributed by atoms with Crippen molar-refractivity contribution in [2.45, 2.75) is 24.8 Å². The van der Waals surface area contributed by atoms with Crippen LogP contribution < -0.4 is 10.6 Å². The maximum Gasteiger partial charge on any atom is 0.407 e. The molecule has 0 bridgehead atoms. The van der Waals surface area contributed by atoms with E-state index in [2.05, 4.69) is 20.7 Å². The highest BCUT2D eigenvalue weighted by Crippen LogP contribution is 2.36. The standard InChI is InChI=1S/C18H18ClF3N6O4S2/c1-34(30,31)27-6-5-23-13(14(27)18(20,21)22)15-25-17(24-8-11-2-3-12(19)33-11)28(26-15)16(29)10-4-7-32-9-10/h2-4,7,9,13-14,23H,5-6,8H2,1H3,(H,24,25,26). The average molecular weight is 539 g/mol. The van der Waals surface area contributed by atoms with Gasteiger partial charge in [-0.15, -0.1) is 16.4 Å². The van der Waals surface area contributed by atoms with Crippen LogP contribution in [0.4, 0.5) is 19.1 Å². The molecule has 0 amide bonds. The van der Waals surface area contributed by atoms with Crippen molar-refractivity contribution in [3.05, 3.63) is 51.3 Å². The van der Waals surface area contributed by atoms with E-state index in [0.29, 0.717) is 14.9 Å². The Morgan fingerprint density at radius 3 is 2.74 bits per heavy atom. The highest BCUT2D eigenvalue weighted by atomic mass is 35.5. The Kier molecular flexibility index (Phi) is 6.74. The van der Waals surface area contributed by atoms with Gasteiger partial charge in [-0.2, -0.15) is 27.1 Å². The number of thiophene rings is 1. The highest BCUT2D eigenvalue weighted by Gasteiger charge is 2.54. The molecular weight excluding hydrogens is 521 g/mol. The molecule has 0 saturated carbocycles. The number of halogens is 4. The van der Waals surface area contributed by atoms with Crippen molar-refractivity contribution in [2.75, 3.05) is 24.7 Å². The molecular formula is C18H18ClF3N6O4S2. The molecule has 4 heterocycles. The fraction of sp³-hybridized carbons (Fsp3) is 0.389. The summed E-state index contributed by atoms with van der Waals surface area (Å²) >= 11 is 7.20. The fourth-order valence-electron chi connectivity index (χ4n) is 3.54. The van der Waals surface area contributed by atoms with Crippen LogP contribution in [-0.2, 0) is 16.6 Å². The summed E-state index contributed by atoms with van der Waals surface area (Å²) in [7, 11) is -4.19. The zero-order valence-corrected chi connectivity index (χ0v) is 19.8. The second-order valence-electron chi connectivity index (χ2n) is 7.37. The Morgan fingerprint density at radius 1 is 1.38 bits per heavy atom. The van der Waals surface area contributed by atoms with Gasteiger partial charge in [0, 0.05) is 18.0 Å². The Balaban J connectivity index is 1.73. The van der Waals surface area contributed by atoms with E-state index < -0.39 is 34.2 Å². The van der Waals surface area contributed by atoms with Crippen molar-refractivity contribution in [3.63, 3.8) is 0 Å². The highest BCUT2D eigenvalue weighted by molar-refractivity contribution is 7.88. The van der Waals surface area contributed by atoms with Crippen LogP contribution in [0.25, 0.3) is 0 Å². The minimum Gasteiger partial charge on any atom is -0.472 e. The van der Waals surface area contributed by atoms with E-state index in [1.54, 1.807) is 12.1 Å². The minimum absolute atomic E-state index is 0.0645. The number of sulfonamides is 1. The summed E-state index contributed by atoms with van der Waals surface area (Å²) in [6.45, 7) is -0.270. The molecule has 0 radical (unpaired) electrons. The maximum absolute atomic E-state index is 14.0. The van der Waals surface area contributed by atoms with Crippen LogP contribution in [-0.4, -0.2) is 65.0 Å². The molecule has 2 atom stereocenters. The molecule has 2 unspecified atom stereocenters. The third kappa shape index (κ3) is 5.12. The number of alkyl halides is 3. The van der Waals surface area contributed by atoms with E-state index in [1.807, 2.05) is 0 Å². The molecule has 1 fully saturated rings. The molecule has 0 aromatic carbocycles. The molecule has 16 heteroatoms. The number of anilines is 1. The summed E-state index contributed by atoms with van der Waals surface area (Å²) in [6, 6.07) is 0.690. The lowest BCUT2D eigenvalue weighted by Crippen LogP contribution is -2.60. The summed E-state index contributed by atoms with van der Waals surface area (Å²) in [5.74, 6) is -1.21. The lowest BCUT2D eigenvalue weighted by atomic mass is 10.0. The molecule has 184 valence electrons. The molecule has 3 aromatic heterocycles. The molecule has 0 aliphatic carbocycles. The van der Waals surface area contributed by atoms with Gasteiger partial charge in [0.05, 0.1) is 35.0 Å². The van der Waals surface area contributed by atoms with Gasteiger partial charge in [-0.3, -0.25) is 4.79 Å². The van der Waals surface area contributed by atoms with E-state index in [1.165, 1.54) is 23.7 Å². The van der Waals surface area contributed by atoms with Crippen LogP contribution in [0, 0.1) is 0 Å². The number of hydrogen-bond donors (Lipinski definition) is 2. The first kappa shape index (κ1) is 24.7. The van der Waals surface area contributed by atoms with Gasteiger partial charge < -0.3 is 15.1 Å². The lowest BCUT2D eigenvalue weighted by Gasteiger charge is -2.39. The average Bonchev–Trinajstić information content (AvgIpc) is 3.51. The number of hydrogen-bond acceptors (Lipinski definition) is 9. The van der Waals surface area contributed by atoms with Gasteiger partial charge in [-0.05, 0) is 18.2 Å². The second-order valence-corrected chi connectivity index (χ2v) is 11.1. The molecule has 3 aromatic rings. The van der Waals surface area contributed by atoms with E-state index in [0.717, 1.165) is 15.8 Å². The lowest BCUT2D eigenvalue weighted by molar-refractivity contribution is -0.184. The molecule has 0 spiro atoms. The molecule has 34 heavy (non-hydrogen) atoms. The monoisotopic (exact) mass is 538 g/mol. The smallest absolute Gasteiger partial charge is 0.407 e. The number of piperazine rings is 1. The molecule has 1 aliphatic rings. The minimum atomic E-state index is -4.93. The maximum atomic E-state index is 14.0. The van der Waals surface area contributed by atoms with Gasteiger partial charge in [-0.1, -0.05) is 11.6 Å².